The minimum absolute atomic E-state index is 0.329. The second-order valence-corrected chi connectivity index (χ2v) is 6.66. The monoisotopic (exact) mass is 266 g/mol. The van der Waals surface area contributed by atoms with Crippen LogP contribution in [-0.2, 0) is 6.54 Å². The van der Waals surface area contributed by atoms with Crippen LogP contribution in [0.15, 0.2) is 11.4 Å². The van der Waals surface area contributed by atoms with E-state index in [0.717, 1.165) is 18.4 Å². The van der Waals surface area contributed by atoms with Gasteiger partial charge in [0.05, 0.1) is 5.56 Å². The van der Waals surface area contributed by atoms with Crippen molar-refractivity contribution in [2.45, 2.75) is 39.8 Å². The normalized spacial score (nSPS) is 22.7. The first-order valence-electron chi connectivity index (χ1n) is 6.58. The van der Waals surface area contributed by atoms with E-state index in [1.165, 1.54) is 17.8 Å². The van der Waals surface area contributed by atoms with Crippen LogP contribution in [0.3, 0.4) is 0 Å². The van der Waals surface area contributed by atoms with Gasteiger partial charge in [0.1, 0.15) is 0 Å². The Kier molecular flexibility index (Phi) is 4.07. The Hall–Kier alpha value is -0.870. The van der Waals surface area contributed by atoms with Crippen molar-refractivity contribution >= 4 is 17.2 Å². The van der Waals surface area contributed by atoms with Crippen LogP contribution >= 0.6 is 11.3 Å². The number of primary amides is 1. The van der Waals surface area contributed by atoms with Gasteiger partial charge in [-0.15, -0.1) is 11.3 Å². The summed E-state index contributed by atoms with van der Waals surface area (Å²) in [7, 11) is 0. The lowest BCUT2D eigenvalue weighted by Crippen LogP contribution is -2.32. The van der Waals surface area contributed by atoms with E-state index >= 15 is 0 Å². The molecule has 4 heteroatoms. The summed E-state index contributed by atoms with van der Waals surface area (Å²) in [5.74, 6) is 1.42. The Morgan fingerprint density at radius 1 is 1.61 bits per heavy atom. The number of amides is 1. The lowest BCUT2D eigenvalue weighted by Gasteiger charge is -2.26. The predicted molar refractivity (Wildman–Crippen MR) is 75.7 cm³/mol. The van der Waals surface area contributed by atoms with Gasteiger partial charge in [0, 0.05) is 29.4 Å². The average molecular weight is 266 g/mol. The molecule has 2 N–H and O–H groups in total. The summed E-state index contributed by atoms with van der Waals surface area (Å²) in [4.78, 5) is 14.8. The molecule has 0 saturated heterocycles. The quantitative estimate of drug-likeness (QED) is 0.860. The Balaban J connectivity index is 1.96. The van der Waals surface area contributed by atoms with E-state index in [9.17, 15) is 4.79 Å². The Morgan fingerprint density at radius 3 is 2.72 bits per heavy atom. The predicted octanol–water partition coefficient (Wildman–Crippen LogP) is 2.71. The van der Waals surface area contributed by atoms with E-state index in [-0.39, 0.29) is 5.91 Å². The highest BCUT2D eigenvalue weighted by atomic mass is 32.1. The van der Waals surface area contributed by atoms with E-state index in [1.54, 1.807) is 11.3 Å². The molecule has 0 spiro atoms. The van der Waals surface area contributed by atoms with Gasteiger partial charge in [-0.3, -0.25) is 9.69 Å². The molecule has 1 aromatic rings. The maximum absolute atomic E-state index is 11.1. The van der Waals surface area contributed by atoms with Crippen LogP contribution in [-0.4, -0.2) is 23.4 Å². The van der Waals surface area contributed by atoms with E-state index < -0.39 is 0 Å². The van der Waals surface area contributed by atoms with E-state index in [2.05, 4.69) is 25.7 Å². The third-order valence-electron chi connectivity index (χ3n) is 3.77. The van der Waals surface area contributed by atoms with E-state index in [4.69, 9.17) is 5.73 Å². The van der Waals surface area contributed by atoms with Gasteiger partial charge in [-0.05, 0) is 38.2 Å². The first-order valence-corrected chi connectivity index (χ1v) is 7.46. The molecule has 1 amide bonds. The molecule has 1 aliphatic rings. The third-order valence-corrected chi connectivity index (χ3v) is 4.69. The molecule has 0 aromatic carbocycles. The molecule has 2 atom stereocenters. The van der Waals surface area contributed by atoms with E-state index in [1.807, 2.05) is 11.4 Å². The number of nitrogens with two attached hydrogens (primary N) is 1. The smallest absolute Gasteiger partial charge is 0.249 e. The lowest BCUT2D eigenvalue weighted by atomic mass is 10.2. The van der Waals surface area contributed by atoms with Crippen LogP contribution in [0.4, 0.5) is 0 Å². The first kappa shape index (κ1) is 13.6. The summed E-state index contributed by atoms with van der Waals surface area (Å²) in [6.07, 6.45) is 1.36. The SMILES string of the molecule is CC1CC1CN(Cc1cc(C(N)=O)cs1)C(C)C. The Labute approximate surface area is 113 Å². The zero-order valence-corrected chi connectivity index (χ0v) is 12.2. The molecule has 18 heavy (non-hydrogen) atoms. The number of nitrogens with zero attached hydrogens (tertiary/aromatic N) is 1. The van der Waals surface area contributed by atoms with Crippen LogP contribution in [0, 0.1) is 11.8 Å². The zero-order valence-electron chi connectivity index (χ0n) is 11.3. The van der Waals surface area contributed by atoms with Crippen molar-refractivity contribution in [2.24, 2.45) is 17.6 Å². The highest BCUT2D eigenvalue weighted by Gasteiger charge is 2.34. The minimum Gasteiger partial charge on any atom is -0.366 e. The second-order valence-electron chi connectivity index (χ2n) is 5.66. The molecule has 1 heterocycles. The van der Waals surface area contributed by atoms with Crippen LogP contribution in [0.25, 0.3) is 0 Å². The first-order chi connectivity index (χ1) is 8.47. The molecule has 2 rings (SSSR count). The molecule has 2 unspecified atom stereocenters. The summed E-state index contributed by atoms with van der Waals surface area (Å²) < 4.78 is 0. The number of thiophene rings is 1. The second kappa shape index (κ2) is 5.41. The number of hydrogen-bond acceptors (Lipinski definition) is 3. The number of carbonyl (C=O) groups is 1. The van der Waals surface area contributed by atoms with Gasteiger partial charge in [0.25, 0.3) is 0 Å². The largest absolute Gasteiger partial charge is 0.366 e. The van der Waals surface area contributed by atoms with Crippen LogP contribution in [0.2, 0.25) is 0 Å². The van der Waals surface area contributed by atoms with Crippen LogP contribution < -0.4 is 5.73 Å². The maximum atomic E-state index is 11.1. The highest BCUT2D eigenvalue weighted by Crippen LogP contribution is 2.38. The van der Waals surface area contributed by atoms with Crippen molar-refractivity contribution in [3.05, 3.63) is 21.9 Å². The topological polar surface area (TPSA) is 46.3 Å². The fourth-order valence-electron chi connectivity index (χ4n) is 2.21. The van der Waals surface area contributed by atoms with Gasteiger partial charge in [0.2, 0.25) is 5.91 Å². The van der Waals surface area contributed by atoms with Gasteiger partial charge in [-0.2, -0.15) is 0 Å². The molecule has 1 aromatic heterocycles. The minimum atomic E-state index is -0.329. The zero-order chi connectivity index (χ0) is 13.3. The molecule has 1 fully saturated rings. The van der Waals surface area contributed by atoms with Crippen LogP contribution in [0.1, 0.15) is 42.4 Å². The number of hydrogen-bond donors (Lipinski definition) is 1. The number of rotatable bonds is 6. The standard InChI is InChI=1S/C14H22N2OS/c1-9(2)16(6-11-4-10(11)3)7-13-5-12(8-18-13)14(15)17/h5,8-11H,4,6-7H2,1-3H3,(H2,15,17). The van der Waals surface area contributed by atoms with Crippen molar-refractivity contribution < 1.29 is 4.79 Å². The van der Waals surface area contributed by atoms with Crippen molar-refractivity contribution in [3.8, 4) is 0 Å². The van der Waals surface area contributed by atoms with Gasteiger partial charge < -0.3 is 5.73 Å². The molecule has 0 bridgehead atoms. The maximum Gasteiger partial charge on any atom is 0.249 e. The summed E-state index contributed by atoms with van der Waals surface area (Å²) in [5.41, 5.74) is 5.92. The molecule has 0 aliphatic heterocycles. The fourth-order valence-corrected chi connectivity index (χ4v) is 3.10. The van der Waals surface area contributed by atoms with E-state index in [0.29, 0.717) is 11.6 Å². The lowest BCUT2D eigenvalue weighted by molar-refractivity contribution is 0.100. The van der Waals surface area contributed by atoms with Crippen molar-refractivity contribution in [1.29, 1.82) is 0 Å². The summed E-state index contributed by atoms with van der Waals surface area (Å²) in [6.45, 7) is 8.88. The molecule has 100 valence electrons. The van der Waals surface area contributed by atoms with Gasteiger partial charge in [0.15, 0.2) is 0 Å². The molecule has 1 saturated carbocycles. The molecule has 3 nitrogen and oxygen atoms in total. The summed E-state index contributed by atoms with van der Waals surface area (Å²) in [6, 6.07) is 2.47. The average Bonchev–Trinajstić information content (AvgIpc) is 2.78. The Morgan fingerprint density at radius 2 is 2.28 bits per heavy atom. The molecular weight excluding hydrogens is 244 g/mol. The third kappa shape index (κ3) is 3.33. The van der Waals surface area contributed by atoms with Gasteiger partial charge in [-0.1, -0.05) is 6.92 Å². The number of carbonyl (C=O) groups excluding carboxylic acids is 1. The van der Waals surface area contributed by atoms with Crippen molar-refractivity contribution in [1.82, 2.24) is 4.90 Å². The molecule has 0 radical (unpaired) electrons. The Bertz CT molecular complexity index is 427. The highest BCUT2D eigenvalue weighted by molar-refractivity contribution is 7.10. The summed E-state index contributed by atoms with van der Waals surface area (Å²) >= 11 is 1.63. The van der Waals surface area contributed by atoms with Gasteiger partial charge in [-0.25, -0.2) is 0 Å². The van der Waals surface area contributed by atoms with Crippen molar-refractivity contribution in [2.75, 3.05) is 6.54 Å². The summed E-state index contributed by atoms with van der Waals surface area (Å²) in [5, 5.41) is 1.86. The van der Waals surface area contributed by atoms with Crippen LogP contribution in [0.5, 0.6) is 0 Å². The van der Waals surface area contributed by atoms with Gasteiger partial charge >= 0.3 is 0 Å². The molecule has 1 aliphatic carbocycles. The molecular formula is C14H22N2OS. The fraction of sp³-hybridized carbons (Fsp3) is 0.643. The van der Waals surface area contributed by atoms with Crippen molar-refractivity contribution in [3.63, 3.8) is 0 Å².